The van der Waals surface area contributed by atoms with Crippen molar-refractivity contribution in [1.82, 2.24) is 0 Å². The Hall–Kier alpha value is -1.03. The van der Waals surface area contributed by atoms with Crippen LogP contribution in [0.2, 0.25) is 0 Å². The normalized spacial score (nSPS) is 11.9. The van der Waals surface area contributed by atoms with Gasteiger partial charge in [-0.15, -0.1) is 0 Å². The molecule has 4 heteroatoms. The van der Waals surface area contributed by atoms with E-state index in [1.807, 2.05) is 0 Å². The van der Waals surface area contributed by atoms with E-state index in [0.29, 0.717) is 0 Å². The number of hydrogen-bond acceptors (Lipinski definition) is 1. The molecule has 0 atom stereocenters. The largest absolute Gasteiger partial charge is 0.325 e. The Bertz CT molecular complexity index is 342. The molecule has 0 saturated carbocycles. The van der Waals surface area contributed by atoms with Crippen LogP contribution in [0.4, 0.5) is 13.2 Å². The maximum Gasteiger partial charge on any atom is 0.164 e. The molecular weight excluding hydrogens is 191 g/mol. The first-order valence-electron chi connectivity index (χ1n) is 4.22. The summed E-state index contributed by atoms with van der Waals surface area (Å²) in [6.07, 6.45) is -0.0393. The standard InChI is InChI=1S/C10H12F3N/c1-10(2,14)5-6-7(11)3-4-8(12)9(6)13/h3-4H,5,14H2,1-2H3. The van der Waals surface area contributed by atoms with E-state index in [2.05, 4.69) is 0 Å². The molecule has 0 aliphatic rings. The van der Waals surface area contributed by atoms with Crippen molar-refractivity contribution in [2.75, 3.05) is 0 Å². The van der Waals surface area contributed by atoms with E-state index in [4.69, 9.17) is 5.73 Å². The Balaban J connectivity index is 3.13. The SMILES string of the molecule is CC(C)(N)Cc1c(F)ccc(F)c1F. The Morgan fingerprint density at radius 3 is 2.14 bits per heavy atom. The van der Waals surface area contributed by atoms with Crippen molar-refractivity contribution < 1.29 is 13.2 Å². The summed E-state index contributed by atoms with van der Waals surface area (Å²) in [5, 5.41) is 0. The predicted molar refractivity (Wildman–Crippen MR) is 48.3 cm³/mol. The summed E-state index contributed by atoms with van der Waals surface area (Å²) in [5.41, 5.74) is 4.54. The van der Waals surface area contributed by atoms with E-state index in [-0.39, 0.29) is 12.0 Å². The zero-order valence-electron chi connectivity index (χ0n) is 8.07. The van der Waals surface area contributed by atoms with E-state index >= 15 is 0 Å². The van der Waals surface area contributed by atoms with E-state index < -0.39 is 23.0 Å². The van der Waals surface area contributed by atoms with Gasteiger partial charge in [0, 0.05) is 11.1 Å². The zero-order valence-corrected chi connectivity index (χ0v) is 8.07. The molecule has 1 aromatic rings. The second kappa shape index (κ2) is 3.61. The van der Waals surface area contributed by atoms with Crippen molar-refractivity contribution in [2.24, 2.45) is 5.73 Å². The molecule has 0 fully saturated rings. The van der Waals surface area contributed by atoms with Gasteiger partial charge in [0.25, 0.3) is 0 Å². The fraction of sp³-hybridized carbons (Fsp3) is 0.400. The summed E-state index contributed by atoms with van der Waals surface area (Å²) in [7, 11) is 0. The first-order chi connectivity index (χ1) is 6.31. The van der Waals surface area contributed by atoms with E-state index in [9.17, 15) is 13.2 Å². The van der Waals surface area contributed by atoms with Gasteiger partial charge in [-0.2, -0.15) is 0 Å². The van der Waals surface area contributed by atoms with Crippen molar-refractivity contribution in [3.8, 4) is 0 Å². The lowest BCUT2D eigenvalue weighted by Gasteiger charge is -2.19. The minimum Gasteiger partial charge on any atom is -0.325 e. The Morgan fingerprint density at radius 1 is 1.14 bits per heavy atom. The topological polar surface area (TPSA) is 26.0 Å². The van der Waals surface area contributed by atoms with Gasteiger partial charge >= 0.3 is 0 Å². The van der Waals surface area contributed by atoms with Crippen LogP contribution in [0.1, 0.15) is 19.4 Å². The number of hydrogen-bond donors (Lipinski definition) is 1. The molecular formula is C10H12F3N. The summed E-state index contributed by atoms with van der Waals surface area (Å²) >= 11 is 0. The molecule has 14 heavy (non-hydrogen) atoms. The summed E-state index contributed by atoms with van der Waals surface area (Å²) in [6.45, 7) is 3.24. The number of benzene rings is 1. The van der Waals surface area contributed by atoms with Crippen LogP contribution in [0.15, 0.2) is 12.1 Å². The van der Waals surface area contributed by atoms with Crippen LogP contribution in [-0.2, 0) is 6.42 Å². The third-order valence-corrected chi connectivity index (χ3v) is 1.77. The van der Waals surface area contributed by atoms with Gasteiger partial charge in [-0.3, -0.25) is 0 Å². The predicted octanol–water partition coefficient (Wildman–Crippen LogP) is 2.38. The van der Waals surface area contributed by atoms with Crippen molar-refractivity contribution >= 4 is 0 Å². The van der Waals surface area contributed by atoms with Gasteiger partial charge in [0.05, 0.1) is 0 Å². The molecule has 0 spiro atoms. The molecule has 1 rings (SSSR count). The molecule has 0 aromatic heterocycles. The molecule has 0 aliphatic carbocycles. The van der Waals surface area contributed by atoms with E-state index in [0.717, 1.165) is 12.1 Å². The molecule has 0 amide bonds. The summed E-state index contributed by atoms with van der Waals surface area (Å²) < 4.78 is 39.0. The molecule has 1 nitrogen and oxygen atoms in total. The highest BCUT2D eigenvalue weighted by atomic mass is 19.2. The fourth-order valence-electron chi connectivity index (χ4n) is 1.19. The highest BCUT2D eigenvalue weighted by Gasteiger charge is 2.20. The van der Waals surface area contributed by atoms with Crippen LogP contribution in [0.5, 0.6) is 0 Å². The zero-order chi connectivity index (χ0) is 10.9. The Kier molecular flexibility index (Phi) is 2.85. The molecule has 0 radical (unpaired) electrons. The van der Waals surface area contributed by atoms with Gasteiger partial charge in [0.15, 0.2) is 11.6 Å². The lowest BCUT2D eigenvalue weighted by atomic mass is 9.95. The molecule has 0 unspecified atom stereocenters. The molecule has 0 aliphatic heterocycles. The minimum atomic E-state index is -1.15. The van der Waals surface area contributed by atoms with E-state index in [1.54, 1.807) is 13.8 Å². The van der Waals surface area contributed by atoms with Crippen LogP contribution < -0.4 is 5.73 Å². The molecule has 1 aromatic carbocycles. The molecule has 78 valence electrons. The summed E-state index contributed by atoms with van der Waals surface area (Å²) in [6, 6.07) is 1.66. The average Bonchev–Trinajstić information content (AvgIpc) is 2.04. The maximum atomic E-state index is 13.1. The lowest BCUT2D eigenvalue weighted by molar-refractivity contribution is 0.444. The van der Waals surface area contributed by atoms with Crippen LogP contribution in [-0.4, -0.2) is 5.54 Å². The first kappa shape index (κ1) is 11.0. The van der Waals surface area contributed by atoms with E-state index in [1.165, 1.54) is 0 Å². The third-order valence-electron chi connectivity index (χ3n) is 1.77. The third kappa shape index (κ3) is 2.48. The van der Waals surface area contributed by atoms with Crippen molar-refractivity contribution in [1.29, 1.82) is 0 Å². The van der Waals surface area contributed by atoms with Crippen LogP contribution in [0.3, 0.4) is 0 Å². The van der Waals surface area contributed by atoms with Gasteiger partial charge in [-0.05, 0) is 32.4 Å². The molecule has 0 heterocycles. The molecule has 2 N–H and O–H groups in total. The van der Waals surface area contributed by atoms with Crippen molar-refractivity contribution in [3.05, 3.63) is 35.1 Å². The first-order valence-corrected chi connectivity index (χ1v) is 4.22. The van der Waals surface area contributed by atoms with Gasteiger partial charge in [-0.1, -0.05) is 0 Å². The quantitative estimate of drug-likeness (QED) is 0.734. The number of rotatable bonds is 2. The lowest BCUT2D eigenvalue weighted by Crippen LogP contribution is -2.35. The smallest absolute Gasteiger partial charge is 0.164 e. The van der Waals surface area contributed by atoms with Crippen LogP contribution in [0.25, 0.3) is 0 Å². The fourth-order valence-corrected chi connectivity index (χ4v) is 1.19. The second-order valence-electron chi connectivity index (χ2n) is 3.99. The van der Waals surface area contributed by atoms with Gasteiger partial charge in [0.1, 0.15) is 5.82 Å². The number of halogens is 3. The molecule has 0 saturated heterocycles. The maximum absolute atomic E-state index is 13.1. The Morgan fingerprint density at radius 2 is 1.64 bits per heavy atom. The summed E-state index contributed by atoms with van der Waals surface area (Å²) in [4.78, 5) is 0. The van der Waals surface area contributed by atoms with Gasteiger partial charge in [-0.25, -0.2) is 13.2 Å². The number of nitrogens with two attached hydrogens (primary N) is 1. The van der Waals surface area contributed by atoms with Gasteiger partial charge < -0.3 is 5.73 Å². The minimum absolute atomic E-state index is 0.0393. The van der Waals surface area contributed by atoms with Crippen LogP contribution >= 0.6 is 0 Å². The Labute approximate surface area is 80.7 Å². The highest BCUT2D eigenvalue weighted by molar-refractivity contribution is 5.22. The summed E-state index contributed by atoms with van der Waals surface area (Å²) in [5.74, 6) is -2.96. The van der Waals surface area contributed by atoms with Gasteiger partial charge in [0.2, 0.25) is 0 Å². The average molecular weight is 203 g/mol. The van der Waals surface area contributed by atoms with Crippen molar-refractivity contribution in [3.63, 3.8) is 0 Å². The molecule has 0 bridgehead atoms. The van der Waals surface area contributed by atoms with Crippen LogP contribution in [0, 0.1) is 17.5 Å². The van der Waals surface area contributed by atoms with Crippen molar-refractivity contribution in [2.45, 2.75) is 25.8 Å². The highest BCUT2D eigenvalue weighted by Crippen LogP contribution is 2.19. The monoisotopic (exact) mass is 203 g/mol. The second-order valence-corrected chi connectivity index (χ2v) is 3.99.